The lowest BCUT2D eigenvalue weighted by molar-refractivity contribution is -0.156. The van der Waals surface area contributed by atoms with Crippen molar-refractivity contribution in [2.75, 3.05) is 13.1 Å². The van der Waals surface area contributed by atoms with Crippen LogP contribution in [-0.4, -0.2) is 46.2 Å². The minimum Gasteiger partial charge on any atom is -0.489 e. The first kappa shape index (κ1) is 13.8. The summed E-state index contributed by atoms with van der Waals surface area (Å²) in [6, 6.07) is 0. The van der Waals surface area contributed by atoms with Crippen molar-refractivity contribution in [3.8, 4) is 0 Å². The average Bonchev–Trinajstić information content (AvgIpc) is 3.26. The summed E-state index contributed by atoms with van der Waals surface area (Å²) >= 11 is 0. The Morgan fingerprint density at radius 1 is 1.36 bits per heavy atom. The summed E-state index contributed by atoms with van der Waals surface area (Å²) in [5, 5.41) is 3.95. The van der Waals surface area contributed by atoms with E-state index in [1.165, 1.54) is 0 Å². The van der Waals surface area contributed by atoms with Gasteiger partial charge in [-0.15, -0.1) is 0 Å². The van der Waals surface area contributed by atoms with E-state index in [2.05, 4.69) is 10.1 Å². The summed E-state index contributed by atoms with van der Waals surface area (Å²) in [5.74, 6) is 1.86. The number of nitrogens with zero attached hydrogens (tertiary/aromatic N) is 3. The highest BCUT2D eigenvalue weighted by molar-refractivity contribution is 5.82. The molecule has 4 rings (SSSR count). The Balaban J connectivity index is 1.20. The van der Waals surface area contributed by atoms with Gasteiger partial charge in [-0.1, -0.05) is 5.16 Å². The second-order valence-electron chi connectivity index (χ2n) is 6.07. The normalized spacial score (nSPS) is 24.9. The molecule has 0 aromatic carbocycles. The van der Waals surface area contributed by atoms with Gasteiger partial charge in [-0.05, 0) is 31.8 Å². The molecule has 0 bridgehead atoms. The van der Waals surface area contributed by atoms with Crippen LogP contribution in [0.5, 0.6) is 0 Å². The average molecular weight is 305 g/mol. The van der Waals surface area contributed by atoms with Crippen LogP contribution in [0.15, 0.2) is 16.9 Å². The molecule has 1 aromatic rings. The molecular weight excluding hydrogens is 286 g/mol. The fourth-order valence-electron chi connectivity index (χ4n) is 2.67. The molecule has 7 heteroatoms. The van der Waals surface area contributed by atoms with E-state index in [0.717, 1.165) is 31.5 Å². The largest absolute Gasteiger partial charge is 0.489 e. The van der Waals surface area contributed by atoms with Gasteiger partial charge in [0.05, 0.1) is 12.4 Å². The van der Waals surface area contributed by atoms with E-state index >= 15 is 0 Å². The molecule has 1 saturated carbocycles. The number of allylic oxidation sites excluding steroid dienone is 1. The van der Waals surface area contributed by atoms with E-state index in [-0.39, 0.29) is 18.1 Å². The summed E-state index contributed by atoms with van der Waals surface area (Å²) in [4.78, 5) is 18.3. The van der Waals surface area contributed by atoms with Crippen molar-refractivity contribution < 1.29 is 18.8 Å². The number of hydrogen-bond acceptors (Lipinski definition) is 6. The Morgan fingerprint density at radius 2 is 2.23 bits per heavy atom. The van der Waals surface area contributed by atoms with Crippen molar-refractivity contribution >= 4 is 5.91 Å². The molecule has 7 nitrogen and oxygen atoms in total. The molecule has 3 heterocycles. The predicted molar refractivity (Wildman–Crippen MR) is 74.7 cm³/mol. The van der Waals surface area contributed by atoms with E-state index in [1.54, 1.807) is 11.2 Å². The second kappa shape index (κ2) is 5.72. The smallest absolute Gasteiger partial charge is 0.263 e. The number of aromatic nitrogens is 2. The van der Waals surface area contributed by atoms with Gasteiger partial charge in [0.1, 0.15) is 6.61 Å². The van der Waals surface area contributed by atoms with Crippen LogP contribution in [0, 0.1) is 0 Å². The maximum absolute atomic E-state index is 12.2. The first-order valence-electron chi connectivity index (χ1n) is 7.83. The highest BCUT2D eigenvalue weighted by atomic mass is 16.5. The zero-order valence-corrected chi connectivity index (χ0v) is 12.3. The molecule has 1 aromatic heterocycles. The van der Waals surface area contributed by atoms with Gasteiger partial charge < -0.3 is 18.9 Å². The number of ether oxygens (including phenoxy) is 2. The molecule has 0 N–H and O–H groups in total. The van der Waals surface area contributed by atoms with Gasteiger partial charge in [0.15, 0.2) is 11.9 Å². The minimum absolute atomic E-state index is 0.0411. The van der Waals surface area contributed by atoms with Crippen molar-refractivity contribution in [3.63, 3.8) is 0 Å². The lowest BCUT2D eigenvalue weighted by Crippen LogP contribution is -2.57. The summed E-state index contributed by atoms with van der Waals surface area (Å²) in [7, 11) is 0. The molecule has 3 aliphatic rings. The fraction of sp³-hybridized carbons (Fsp3) is 0.667. The molecular formula is C15H19N3O4. The molecule has 118 valence electrons. The second-order valence-corrected chi connectivity index (χ2v) is 6.07. The van der Waals surface area contributed by atoms with Crippen molar-refractivity contribution in [1.82, 2.24) is 15.0 Å². The Bertz CT molecular complexity index is 575. The fourth-order valence-corrected chi connectivity index (χ4v) is 2.67. The topological polar surface area (TPSA) is 77.7 Å². The first-order valence-corrected chi connectivity index (χ1v) is 7.83. The van der Waals surface area contributed by atoms with Crippen LogP contribution in [-0.2, 0) is 20.9 Å². The quantitative estimate of drug-likeness (QED) is 0.817. The SMILES string of the molecule is O=C(C1CCC=CO1)N1CC(OCc2nc(C3CC3)no2)C1. The predicted octanol–water partition coefficient (Wildman–Crippen LogP) is 1.37. The molecule has 22 heavy (non-hydrogen) atoms. The monoisotopic (exact) mass is 305 g/mol. The van der Waals surface area contributed by atoms with Crippen molar-refractivity contribution in [1.29, 1.82) is 0 Å². The van der Waals surface area contributed by atoms with E-state index in [1.807, 2.05) is 6.08 Å². The Labute approximate surface area is 128 Å². The lowest BCUT2D eigenvalue weighted by Gasteiger charge is -2.40. The molecule has 2 fully saturated rings. The molecule has 0 spiro atoms. The number of likely N-dealkylation sites (tertiary alicyclic amines) is 1. The van der Waals surface area contributed by atoms with Crippen LogP contribution in [0.2, 0.25) is 0 Å². The Hall–Kier alpha value is -1.89. The molecule has 2 aliphatic heterocycles. The summed E-state index contributed by atoms with van der Waals surface area (Å²) < 4.78 is 16.2. The highest BCUT2D eigenvalue weighted by Crippen LogP contribution is 2.38. The molecule has 1 amide bonds. The standard InChI is InChI=1S/C15H19N3O4/c19-15(12-3-1-2-6-20-12)18-7-11(8-18)21-9-13-16-14(17-22-13)10-4-5-10/h2,6,10-12H,1,3-5,7-9H2. The highest BCUT2D eigenvalue weighted by Gasteiger charge is 2.36. The van der Waals surface area contributed by atoms with Crippen LogP contribution in [0.3, 0.4) is 0 Å². The third-order valence-corrected chi connectivity index (χ3v) is 4.24. The maximum atomic E-state index is 12.2. The summed E-state index contributed by atoms with van der Waals surface area (Å²) in [6.07, 6.45) is 7.21. The van der Waals surface area contributed by atoms with Gasteiger partial charge >= 0.3 is 0 Å². The number of rotatable bonds is 5. The third kappa shape index (κ3) is 2.85. The summed E-state index contributed by atoms with van der Waals surface area (Å²) in [6.45, 7) is 1.52. The van der Waals surface area contributed by atoms with Gasteiger partial charge in [-0.2, -0.15) is 4.98 Å². The lowest BCUT2D eigenvalue weighted by atomic mass is 10.1. The van der Waals surface area contributed by atoms with Crippen molar-refractivity contribution in [2.24, 2.45) is 0 Å². The summed E-state index contributed by atoms with van der Waals surface area (Å²) in [5.41, 5.74) is 0. The van der Waals surface area contributed by atoms with Gasteiger partial charge in [0.25, 0.3) is 11.8 Å². The van der Waals surface area contributed by atoms with Gasteiger partial charge in [0, 0.05) is 19.0 Å². The number of amides is 1. The van der Waals surface area contributed by atoms with Crippen LogP contribution >= 0.6 is 0 Å². The number of carbonyl (C=O) groups excluding carboxylic acids is 1. The molecule has 1 saturated heterocycles. The van der Waals surface area contributed by atoms with Crippen LogP contribution in [0.4, 0.5) is 0 Å². The third-order valence-electron chi connectivity index (χ3n) is 4.24. The Morgan fingerprint density at radius 3 is 2.95 bits per heavy atom. The first-order chi connectivity index (χ1) is 10.8. The number of carbonyl (C=O) groups is 1. The molecule has 1 aliphatic carbocycles. The molecule has 0 radical (unpaired) electrons. The van der Waals surface area contributed by atoms with Crippen LogP contribution < -0.4 is 0 Å². The van der Waals surface area contributed by atoms with E-state index in [4.69, 9.17) is 14.0 Å². The van der Waals surface area contributed by atoms with E-state index in [0.29, 0.717) is 31.5 Å². The maximum Gasteiger partial charge on any atom is 0.263 e. The van der Waals surface area contributed by atoms with Gasteiger partial charge in [-0.3, -0.25) is 4.79 Å². The van der Waals surface area contributed by atoms with Gasteiger partial charge in [0.2, 0.25) is 0 Å². The van der Waals surface area contributed by atoms with Crippen LogP contribution in [0.25, 0.3) is 0 Å². The molecule has 1 atom stereocenters. The van der Waals surface area contributed by atoms with E-state index < -0.39 is 0 Å². The van der Waals surface area contributed by atoms with Crippen molar-refractivity contribution in [2.45, 2.75) is 50.4 Å². The number of hydrogen-bond donors (Lipinski definition) is 0. The van der Waals surface area contributed by atoms with Crippen LogP contribution in [0.1, 0.15) is 43.3 Å². The molecule has 1 unspecified atom stereocenters. The van der Waals surface area contributed by atoms with Gasteiger partial charge in [-0.25, -0.2) is 0 Å². The zero-order valence-electron chi connectivity index (χ0n) is 12.3. The Kier molecular flexibility index (Phi) is 3.57. The van der Waals surface area contributed by atoms with Crippen molar-refractivity contribution in [3.05, 3.63) is 24.1 Å². The van der Waals surface area contributed by atoms with E-state index in [9.17, 15) is 4.79 Å². The minimum atomic E-state index is -0.331. The zero-order chi connectivity index (χ0) is 14.9.